The van der Waals surface area contributed by atoms with Crippen LogP contribution in [0.5, 0.6) is 5.88 Å². The zero-order chi connectivity index (χ0) is 13.9. The normalized spacial score (nSPS) is 14.2. The smallest absolute Gasteiger partial charge is 0.234 e. The number of ketones is 1. The highest BCUT2D eigenvalue weighted by Gasteiger charge is 2.30. The highest BCUT2D eigenvalue weighted by Crippen LogP contribution is 2.30. The number of methoxy groups -OCH3 is 1. The van der Waals surface area contributed by atoms with Crippen LogP contribution in [0.2, 0.25) is 0 Å². The minimum Gasteiger partial charge on any atom is -0.481 e. The molecule has 0 aliphatic heterocycles. The lowest BCUT2D eigenvalue weighted by atomic mass is 10.2. The second-order valence-corrected chi connectivity index (χ2v) is 4.91. The number of pyridine rings is 1. The summed E-state index contributed by atoms with van der Waals surface area (Å²) in [4.78, 5) is 20.0. The van der Waals surface area contributed by atoms with Crippen LogP contribution in [-0.2, 0) is 17.6 Å². The molecule has 1 aliphatic rings. The Kier molecular flexibility index (Phi) is 3.45. The Balaban J connectivity index is 1.62. The summed E-state index contributed by atoms with van der Waals surface area (Å²) in [5, 5.41) is 3.89. The van der Waals surface area contributed by atoms with Crippen LogP contribution in [0.3, 0.4) is 0 Å². The molecule has 2 aromatic heterocycles. The van der Waals surface area contributed by atoms with Gasteiger partial charge in [0.2, 0.25) is 11.8 Å². The largest absolute Gasteiger partial charge is 0.481 e. The number of hydrogen-bond acceptors (Lipinski definition) is 6. The first-order valence-corrected chi connectivity index (χ1v) is 6.57. The van der Waals surface area contributed by atoms with Crippen LogP contribution in [0.15, 0.2) is 22.9 Å². The molecule has 3 rings (SSSR count). The zero-order valence-electron chi connectivity index (χ0n) is 11.2. The van der Waals surface area contributed by atoms with Crippen molar-refractivity contribution in [3.63, 3.8) is 0 Å². The van der Waals surface area contributed by atoms with E-state index in [2.05, 4.69) is 15.1 Å². The van der Waals surface area contributed by atoms with Crippen LogP contribution < -0.4 is 4.74 Å². The van der Waals surface area contributed by atoms with Gasteiger partial charge in [-0.3, -0.25) is 4.79 Å². The fourth-order valence-corrected chi connectivity index (χ4v) is 1.95. The van der Waals surface area contributed by atoms with E-state index in [4.69, 9.17) is 9.26 Å². The maximum absolute atomic E-state index is 11.7. The predicted molar refractivity (Wildman–Crippen MR) is 69.3 cm³/mol. The number of carbonyl (C=O) groups excluding carboxylic acids is 1. The van der Waals surface area contributed by atoms with E-state index in [1.54, 1.807) is 19.4 Å². The van der Waals surface area contributed by atoms with Gasteiger partial charge < -0.3 is 9.26 Å². The third-order valence-electron chi connectivity index (χ3n) is 3.24. The van der Waals surface area contributed by atoms with E-state index in [0.717, 1.165) is 18.4 Å². The average molecular weight is 273 g/mol. The van der Waals surface area contributed by atoms with Crippen molar-refractivity contribution in [1.29, 1.82) is 0 Å². The molecule has 0 aromatic carbocycles. The van der Waals surface area contributed by atoms with E-state index >= 15 is 0 Å². The van der Waals surface area contributed by atoms with Gasteiger partial charge in [0.1, 0.15) is 5.78 Å². The van der Waals surface area contributed by atoms with Crippen LogP contribution in [0.25, 0.3) is 0 Å². The van der Waals surface area contributed by atoms with E-state index in [0.29, 0.717) is 24.0 Å². The molecule has 0 saturated heterocycles. The molecular formula is C14H15N3O3. The van der Waals surface area contributed by atoms with E-state index in [9.17, 15) is 4.79 Å². The molecule has 104 valence electrons. The second-order valence-electron chi connectivity index (χ2n) is 4.91. The molecule has 0 bridgehead atoms. The fraction of sp³-hybridized carbons (Fsp3) is 0.429. The van der Waals surface area contributed by atoms with Crippen molar-refractivity contribution < 1.29 is 14.1 Å². The SMILES string of the molecule is COc1ccc(Cc2noc(CC(=O)C3CC3)n2)cn1. The van der Waals surface area contributed by atoms with Crippen LogP contribution in [0, 0.1) is 5.92 Å². The van der Waals surface area contributed by atoms with Gasteiger partial charge in [0.25, 0.3) is 0 Å². The maximum atomic E-state index is 11.7. The molecule has 2 heterocycles. The van der Waals surface area contributed by atoms with E-state index < -0.39 is 0 Å². The number of carbonyl (C=O) groups is 1. The van der Waals surface area contributed by atoms with E-state index in [-0.39, 0.29) is 18.1 Å². The Labute approximate surface area is 116 Å². The van der Waals surface area contributed by atoms with Crippen molar-refractivity contribution in [2.24, 2.45) is 5.92 Å². The van der Waals surface area contributed by atoms with Crippen molar-refractivity contribution in [2.75, 3.05) is 7.11 Å². The molecule has 0 amide bonds. The first-order valence-electron chi connectivity index (χ1n) is 6.57. The second kappa shape index (κ2) is 5.40. The van der Waals surface area contributed by atoms with Gasteiger partial charge in [-0.2, -0.15) is 4.98 Å². The Hall–Kier alpha value is -2.24. The summed E-state index contributed by atoms with van der Waals surface area (Å²) in [6.07, 6.45) is 4.48. The molecule has 6 nitrogen and oxygen atoms in total. The van der Waals surface area contributed by atoms with Gasteiger partial charge in [0.15, 0.2) is 5.82 Å². The summed E-state index contributed by atoms with van der Waals surface area (Å²) < 4.78 is 10.1. The summed E-state index contributed by atoms with van der Waals surface area (Å²) in [6, 6.07) is 3.68. The van der Waals surface area contributed by atoms with Gasteiger partial charge in [-0.05, 0) is 18.4 Å². The lowest BCUT2D eigenvalue weighted by molar-refractivity contribution is -0.119. The molecule has 0 N–H and O–H groups in total. The van der Waals surface area contributed by atoms with E-state index in [1.807, 2.05) is 6.07 Å². The molecule has 20 heavy (non-hydrogen) atoms. The Morgan fingerprint density at radius 2 is 2.30 bits per heavy atom. The minimum atomic E-state index is 0.200. The molecule has 1 fully saturated rings. The first kappa shape index (κ1) is 12.8. The quantitative estimate of drug-likeness (QED) is 0.795. The van der Waals surface area contributed by atoms with E-state index in [1.165, 1.54) is 0 Å². The third-order valence-corrected chi connectivity index (χ3v) is 3.24. The molecular weight excluding hydrogens is 258 g/mol. The fourth-order valence-electron chi connectivity index (χ4n) is 1.95. The zero-order valence-corrected chi connectivity index (χ0v) is 11.2. The molecule has 0 radical (unpaired) electrons. The highest BCUT2D eigenvalue weighted by molar-refractivity contribution is 5.84. The number of Topliss-reactive ketones (excluding diaryl/α,β-unsaturated/α-hetero) is 1. The number of nitrogens with zero attached hydrogens (tertiary/aromatic N) is 3. The van der Waals surface area contributed by atoms with Crippen LogP contribution in [-0.4, -0.2) is 28.0 Å². The number of rotatable bonds is 6. The average Bonchev–Trinajstić information content (AvgIpc) is 3.23. The minimum absolute atomic E-state index is 0.200. The number of aromatic nitrogens is 3. The van der Waals surface area contributed by atoms with Crippen molar-refractivity contribution in [3.05, 3.63) is 35.6 Å². The third kappa shape index (κ3) is 3.01. The molecule has 1 aliphatic carbocycles. The van der Waals surface area contributed by atoms with Crippen molar-refractivity contribution in [1.82, 2.24) is 15.1 Å². The summed E-state index contributed by atoms with van der Waals surface area (Å²) in [5.41, 5.74) is 0.965. The summed E-state index contributed by atoms with van der Waals surface area (Å²) in [7, 11) is 1.57. The van der Waals surface area contributed by atoms with Gasteiger partial charge in [-0.25, -0.2) is 4.98 Å². The summed E-state index contributed by atoms with van der Waals surface area (Å²) in [5.74, 6) is 1.95. The Morgan fingerprint density at radius 1 is 1.45 bits per heavy atom. The molecule has 2 aromatic rings. The van der Waals surface area contributed by atoms with Gasteiger partial charge >= 0.3 is 0 Å². The Morgan fingerprint density at radius 3 is 2.95 bits per heavy atom. The molecule has 0 atom stereocenters. The molecule has 0 spiro atoms. The molecule has 0 unspecified atom stereocenters. The molecule has 1 saturated carbocycles. The van der Waals surface area contributed by atoms with Crippen molar-refractivity contribution in [3.8, 4) is 5.88 Å². The highest BCUT2D eigenvalue weighted by atomic mass is 16.5. The number of ether oxygens (including phenoxy) is 1. The van der Waals surface area contributed by atoms with Crippen LogP contribution in [0.4, 0.5) is 0 Å². The van der Waals surface area contributed by atoms with Crippen molar-refractivity contribution >= 4 is 5.78 Å². The predicted octanol–water partition coefficient (Wildman–Crippen LogP) is 1.59. The topological polar surface area (TPSA) is 78.1 Å². The van der Waals surface area contributed by atoms with Crippen LogP contribution in [0.1, 0.15) is 30.1 Å². The molecule has 6 heteroatoms. The standard InChI is InChI=1S/C14H15N3O3/c1-19-13-5-2-9(8-15-13)6-12-16-14(20-17-12)7-11(18)10-3-4-10/h2,5,8,10H,3-4,6-7H2,1H3. The van der Waals surface area contributed by atoms with Crippen LogP contribution >= 0.6 is 0 Å². The summed E-state index contributed by atoms with van der Waals surface area (Å²) in [6.45, 7) is 0. The van der Waals surface area contributed by atoms with Gasteiger partial charge in [-0.1, -0.05) is 11.2 Å². The maximum Gasteiger partial charge on any atom is 0.234 e. The number of hydrogen-bond donors (Lipinski definition) is 0. The summed E-state index contributed by atoms with van der Waals surface area (Å²) >= 11 is 0. The van der Waals surface area contributed by atoms with Gasteiger partial charge in [-0.15, -0.1) is 0 Å². The lowest BCUT2D eigenvalue weighted by Crippen LogP contribution is -2.05. The monoisotopic (exact) mass is 273 g/mol. The van der Waals surface area contributed by atoms with Gasteiger partial charge in [0, 0.05) is 24.6 Å². The Bertz CT molecular complexity index is 602. The van der Waals surface area contributed by atoms with Crippen molar-refractivity contribution in [2.45, 2.75) is 25.7 Å². The lowest BCUT2D eigenvalue weighted by Gasteiger charge is -1.99. The first-order chi connectivity index (χ1) is 9.74. The van der Waals surface area contributed by atoms with Gasteiger partial charge in [0.05, 0.1) is 13.5 Å².